The average Bonchev–Trinajstić information content (AvgIpc) is 2.41. The Labute approximate surface area is 122 Å². The quantitative estimate of drug-likeness (QED) is 0.837. The molecule has 0 aliphatic rings. The molecule has 1 aromatic carbocycles. The molecule has 0 amide bonds. The van der Waals surface area contributed by atoms with Crippen molar-refractivity contribution in [3.8, 4) is 0 Å². The second-order valence-corrected chi connectivity index (χ2v) is 4.37. The van der Waals surface area contributed by atoms with Crippen molar-refractivity contribution in [2.24, 2.45) is 0 Å². The van der Waals surface area contributed by atoms with Crippen LogP contribution in [0.1, 0.15) is 5.69 Å². The molecule has 0 bridgehead atoms. The van der Waals surface area contributed by atoms with E-state index in [2.05, 4.69) is 20.6 Å². The molecule has 4 nitrogen and oxygen atoms in total. The lowest BCUT2D eigenvalue weighted by atomic mass is 10.3. The Kier molecular flexibility index (Phi) is 4.17. The van der Waals surface area contributed by atoms with Crippen LogP contribution in [-0.2, 0) is 6.18 Å². The number of alkyl halides is 3. The summed E-state index contributed by atoms with van der Waals surface area (Å²) in [5, 5.41) is 5.11. The zero-order valence-electron chi connectivity index (χ0n) is 10.6. The first kappa shape index (κ1) is 15.3. The highest BCUT2D eigenvalue weighted by Crippen LogP contribution is 2.31. The van der Waals surface area contributed by atoms with Crippen molar-refractivity contribution in [2.75, 3.05) is 17.7 Å². The highest BCUT2D eigenvalue weighted by Gasteiger charge is 2.33. The van der Waals surface area contributed by atoms with Crippen molar-refractivity contribution >= 4 is 29.1 Å². The zero-order valence-corrected chi connectivity index (χ0v) is 11.3. The summed E-state index contributed by atoms with van der Waals surface area (Å²) in [5.41, 5.74) is -1.03. The van der Waals surface area contributed by atoms with E-state index in [4.69, 9.17) is 11.6 Å². The summed E-state index contributed by atoms with van der Waals surface area (Å²) < 4.78 is 51.3. The van der Waals surface area contributed by atoms with E-state index in [0.29, 0.717) is 6.07 Å². The summed E-state index contributed by atoms with van der Waals surface area (Å²) in [6.45, 7) is 0. The fourth-order valence-electron chi connectivity index (χ4n) is 1.50. The molecule has 1 heterocycles. The van der Waals surface area contributed by atoms with E-state index in [1.54, 1.807) is 0 Å². The molecule has 0 unspecified atom stereocenters. The SMILES string of the molecule is CNc1nc(Nc2cc(F)ccc2Cl)cc(C(F)(F)F)n1. The number of nitrogens with zero attached hydrogens (tertiary/aromatic N) is 2. The van der Waals surface area contributed by atoms with Gasteiger partial charge in [0.2, 0.25) is 5.95 Å². The van der Waals surface area contributed by atoms with Gasteiger partial charge in [-0.25, -0.2) is 9.37 Å². The summed E-state index contributed by atoms with van der Waals surface area (Å²) >= 11 is 5.84. The van der Waals surface area contributed by atoms with E-state index in [0.717, 1.165) is 12.1 Å². The molecule has 1 aromatic heterocycles. The van der Waals surface area contributed by atoms with Crippen LogP contribution < -0.4 is 10.6 Å². The molecule has 0 saturated heterocycles. The van der Waals surface area contributed by atoms with Crippen LogP contribution >= 0.6 is 11.6 Å². The molecule has 0 aliphatic carbocycles. The molecule has 9 heteroatoms. The predicted octanol–water partition coefficient (Wildman–Crippen LogP) is 4.07. The molecule has 2 aromatic rings. The van der Waals surface area contributed by atoms with Gasteiger partial charge in [-0.15, -0.1) is 0 Å². The maximum atomic E-state index is 13.1. The minimum Gasteiger partial charge on any atom is -0.357 e. The molecule has 0 aliphatic heterocycles. The predicted molar refractivity (Wildman–Crippen MR) is 71.3 cm³/mol. The Bertz CT molecular complexity index is 660. The van der Waals surface area contributed by atoms with Crippen molar-refractivity contribution in [3.05, 3.63) is 40.8 Å². The lowest BCUT2D eigenvalue weighted by Crippen LogP contribution is -2.12. The standard InChI is InChI=1S/C12H9ClF4N4/c1-18-11-20-9(12(15,16)17)5-10(21-11)19-8-4-6(14)2-3-7(8)13/h2-5H,1H3,(H2,18,19,20,21). The summed E-state index contributed by atoms with van der Waals surface area (Å²) in [5.74, 6) is -0.963. The highest BCUT2D eigenvalue weighted by molar-refractivity contribution is 6.33. The van der Waals surface area contributed by atoms with Gasteiger partial charge in [-0.1, -0.05) is 11.6 Å². The number of rotatable bonds is 3. The Morgan fingerprint density at radius 1 is 1.14 bits per heavy atom. The van der Waals surface area contributed by atoms with Gasteiger partial charge in [-0.05, 0) is 18.2 Å². The second kappa shape index (κ2) is 5.72. The fourth-order valence-corrected chi connectivity index (χ4v) is 1.66. The van der Waals surface area contributed by atoms with Gasteiger partial charge in [0.1, 0.15) is 11.6 Å². The number of halogens is 5. The van der Waals surface area contributed by atoms with Crippen LogP contribution in [0.25, 0.3) is 0 Å². The molecule has 0 fully saturated rings. The molecule has 112 valence electrons. The third kappa shape index (κ3) is 3.72. The van der Waals surface area contributed by atoms with Crippen molar-refractivity contribution in [1.82, 2.24) is 9.97 Å². The fraction of sp³-hybridized carbons (Fsp3) is 0.167. The Hall–Kier alpha value is -2.09. The molecule has 0 atom stereocenters. The minimum atomic E-state index is -4.63. The molecule has 2 rings (SSSR count). The van der Waals surface area contributed by atoms with Crippen molar-refractivity contribution in [2.45, 2.75) is 6.18 Å². The second-order valence-electron chi connectivity index (χ2n) is 3.96. The van der Waals surface area contributed by atoms with Crippen LogP contribution in [0.4, 0.5) is 35.0 Å². The summed E-state index contributed by atoms with van der Waals surface area (Å²) in [7, 11) is 1.38. The number of anilines is 3. The normalized spacial score (nSPS) is 11.3. The topological polar surface area (TPSA) is 49.8 Å². The first-order valence-electron chi connectivity index (χ1n) is 5.65. The van der Waals surface area contributed by atoms with E-state index in [1.165, 1.54) is 13.1 Å². The monoisotopic (exact) mass is 320 g/mol. The molecule has 2 N–H and O–H groups in total. The number of benzene rings is 1. The highest BCUT2D eigenvalue weighted by atomic mass is 35.5. The van der Waals surface area contributed by atoms with Crippen LogP contribution in [0.15, 0.2) is 24.3 Å². The van der Waals surface area contributed by atoms with Crippen LogP contribution in [-0.4, -0.2) is 17.0 Å². The van der Waals surface area contributed by atoms with Gasteiger partial charge in [0, 0.05) is 13.1 Å². The third-order valence-corrected chi connectivity index (χ3v) is 2.76. The lowest BCUT2D eigenvalue weighted by Gasteiger charge is -2.12. The van der Waals surface area contributed by atoms with Gasteiger partial charge in [-0.3, -0.25) is 0 Å². The average molecular weight is 321 g/mol. The van der Waals surface area contributed by atoms with Gasteiger partial charge in [0.05, 0.1) is 10.7 Å². The van der Waals surface area contributed by atoms with Crippen LogP contribution in [0, 0.1) is 5.82 Å². The number of hydrogen-bond donors (Lipinski definition) is 2. The van der Waals surface area contributed by atoms with E-state index in [9.17, 15) is 17.6 Å². The molecular formula is C12H9ClF4N4. The van der Waals surface area contributed by atoms with Gasteiger partial charge in [0.15, 0.2) is 5.69 Å². The van der Waals surface area contributed by atoms with Gasteiger partial charge in [0.25, 0.3) is 0 Å². The Morgan fingerprint density at radius 3 is 2.48 bits per heavy atom. The van der Waals surface area contributed by atoms with E-state index in [1.807, 2.05) is 0 Å². The van der Waals surface area contributed by atoms with Crippen LogP contribution in [0.5, 0.6) is 0 Å². The molecule has 0 radical (unpaired) electrons. The van der Waals surface area contributed by atoms with E-state index < -0.39 is 17.7 Å². The molecular weight excluding hydrogens is 312 g/mol. The summed E-state index contributed by atoms with van der Waals surface area (Å²) in [6, 6.07) is 4.18. The first-order chi connectivity index (χ1) is 9.79. The minimum absolute atomic E-state index is 0.102. The van der Waals surface area contributed by atoms with Crippen LogP contribution in [0.3, 0.4) is 0 Å². The molecule has 21 heavy (non-hydrogen) atoms. The number of nitrogens with one attached hydrogen (secondary N) is 2. The lowest BCUT2D eigenvalue weighted by molar-refractivity contribution is -0.141. The van der Waals surface area contributed by atoms with Crippen LogP contribution in [0.2, 0.25) is 5.02 Å². The first-order valence-corrected chi connectivity index (χ1v) is 6.03. The molecule has 0 spiro atoms. The molecule has 0 saturated carbocycles. The maximum Gasteiger partial charge on any atom is 0.433 e. The van der Waals surface area contributed by atoms with Gasteiger partial charge >= 0.3 is 6.18 Å². The van der Waals surface area contributed by atoms with Gasteiger partial charge in [-0.2, -0.15) is 18.2 Å². The Morgan fingerprint density at radius 2 is 1.86 bits per heavy atom. The summed E-state index contributed by atoms with van der Waals surface area (Å²) in [6.07, 6.45) is -4.63. The smallest absolute Gasteiger partial charge is 0.357 e. The van der Waals surface area contributed by atoms with E-state index >= 15 is 0 Å². The largest absolute Gasteiger partial charge is 0.433 e. The van der Waals surface area contributed by atoms with Crippen molar-refractivity contribution in [1.29, 1.82) is 0 Å². The summed E-state index contributed by atoms with van der Waals surface area (Å²) in [4.78, 5) is 7.13. The van der Waals surface area contributed by atoms with Gasteiger partial charge < -0.3 is 10.6 Å². The maximum absolute atomic E-state index is 13.1. The number of hydrogen-bond acceptors (Lipinski definition) is 4. The van der Waals surface area contributed by atoms with Crippen molar-refractivity contribution in [3.63, 3.8) is 0 Å². The Balaban J connectivity index is 2.42. The van der Waals surface area contributed by atoms with E-state index in [-0.39, 0.29) is 22.5 Å². The van der Waals surface area contributed by atoms with Crippen molar-refractivity contribution < 1.29 is 17.6 Å². The zero-order chi connectivity index (χ0) is 15.6. The number of aromatic nitrogens is 2. The third-order valence-electron chi connectivity index (χ3n) is 2.43.